The second kappa shape index (κ2) is 6.29. The van der Waals surface area contributed by atoms with Crippen LogP contribution in [-0.2, 0) is 4.74 Å². The molecule has 0 bridgehead atoms. The quantitative estimate of drug-likeness (QED) is 0.503. The SMILES string of the molecule is COC(=O)c1cc2ccccc2cc1Nc1ccc2ccccc2c1. The fraction of sp³-hybridized carbons (Fsp3) is 0.0455. The van der Waals surface area contributed by atoms with E-state index >= 15 is 0 Å². The summed E-state index contributed by atoms with van der Waals surface area (Å²) >= 11 is 0. The molecule has 0 aromatic heterocycles. The van der Waals surface area contributed by atoms with Crippen molar-refractivity contribution in [3.63, 3.8) is 0 Å². The molecule has 0 heterocycles. The molecule has 0 aliphatic carbocycles. The molecule has 1 N–H and O–H groups in total. The van der Waals surface area contributed by atoms with Gasteiger partial charge in [0.25, 0.3) is 0 Å². The summed E-state index contributed by atoms with van der Waals surface area (Å²) < 4.78 is 4.95. The largest absolute Gasteiger partial charge is 0.465 e. The molecule has 3 nitrogen and oxygen atoms in total. The first-order chi connectivity index (χ1) is 12.2. The third-order valence-corrected chi connectivity index (χ3v) is 4.32. The van der Waals surface area contributed by atoms with Crippen LogP contribution in [0.15, 0.2) is 78.9 Å². The highest BCUT2D eigenvalue weighted by Gasteiger charge is 2.13. The van der Waals surface area contributed by atoms with E-state index in [-0.39, 0.29) is 5.97 Å². The Morgan fingerprint density at radius 1 is 0.760 bits per heavy atom. The maximum Gasteiger partial charge on any atom is 0.339 e. The molecule has 0 unspecified atom stereocenters. The van der Waals surface area contributed by atoms with E-state index in [9.17, 15) is 4.79 Å². The monoisotopic (exact) mass is 327 g/mol. The van der Waals surface area contributed by atoms with Gasteiger partial charge in [0.2, 0.25) is 0 Å². The molecule has 4 rings (SSSR count). The third kappa shape index (κ3) is 2.92. The van der Waals surface area contributed by atoms with E-state index in [0.717, 1.165) is 27.5 Å². The molecule has 4 aromatic rings. The Balaban J connectivity index is 1.81. The van der Waals surface area contributed by atoms with Crippen LogP contribution >= 0.6 is 0 Å². The normalized spacial score (nSPS) is 10.8. The molecular formula is C22H17NO2. The van der Waals surface area contributed by atoms with E-state index in [1.807, 2.05) is 54.6 Å². The average Bonchev–Trinajstić information content (AvgIpc) is 2.66. The molecule has 0 amide bonds. The Labute approximate surface area is 145 Å². The molecule has 0 spiro atoms. The van der Waals surface area contributed by atoms with Gasteiger partial charge in [-0.05, 0) is 45.8 Å². The molecule has 4 aromatic carbocycles. The zero-order valence-electron chi connectivity index (χ0n) is 13.8. The van der Waals surface area contributed by atoms with Crippen LogP contribution in [0.4, 0.5) is 11.4 Å². The Bertz CT molecular complexity index is 1090. The van der Waals surface area contributed by atoms with E-state index in [4.69, 9.17) is 4.74 Å². The first kappa shape index (κ1) is 15.2. The molecule has 0 aliphatic rings. The minimum absolute atomic E-state index is 0.353. The van der Waals surface area contributed by atoms with Crippen LogP contribution in [0.2, 0.25) is 0 Å². The lowest BCUT2D eigenvalue weighted by Crippen LogP contribution is -2.05. The number of benzene rings is 4. The van der Waals surface area contributed by atoms with Gasteiger partial charge in [-0.3, -0.25) is 0 Å². The molecule has 3 heteroatoms. The van der Waals surface area contributed by atoms with Crippen LogP contribution in [0.25, 0.3) is 21.5 Å². The summed E-state index contributed by atoms with van der Waals surface area (Å²) in [5.41, 5.74) is 2.19. The van der Waals surface area contributed by atoms with Crippen LogP contribution in [-0.4, -0.2) is 13.1 Å². The van der Waals surface area contributed by atoms with Gasteiger partial charge >= 0.3 is 5.97 Å². The van der Waals surface area contributed by atoms with Crippen molar-refractivity contribution in [2.45, 2.75) is 0 Å². The third-order valence-electron chi connectivity index (χ3n) is 4.32. The lowest BCUT2D eigenvalue weighted by Gasteiger charge is -2.13. The maximum absolute atomic E-state index is 12.2. The van der Waals surface area contributed by atoms with Gasteiger partial charge in [-0.2, -0.15) is 0 Å². The summed E-state index contributed by atoms with van der Waals surface area (Å²) in [5, 5.41) is 7.77. The van der Waals surface area contributed by atoms with E-state index < -0.39 is 0 Å². The van der Waals surface area contributed by atoms with Crippen molar-refractivity contribution in [3.05, 3.63) is 84.4 Å². The Morgan fingerprint density at radius 2 is 1.36 bits per heavy atom. The van der Waals surface area contributed by atoms with Crippen LogP contribution in [0.3, 0.4) is 0 Å². The lowest BCUT2D eigenvalue weighted by atomic mass is 10.0. The molecule has 122 valence electrons. The highest BCUT2D eigenvalue weighted by Crippen LogP contribution is 2.29. The summed E-state index contributed by atoms with van der Waals surface area (Å²) in [6, 6.07) is 26.2. The molecule has 0 fully saturated rings. The summed E-state index contributed by atoms with van der Waals surface area (Å²) in [7, 11) is 1.40. The molecule has 0 aliphatic heterocycles. The van der Waals surface area contributed by atoms with E-state index in [1.54, 1.807) is 0 Å². The number of rotatable bonds is 3. The number of nitrogens with one attached hydrogen (secondary N) is 1. The standard InChI is InChI=1S/C22H17NO2/c1-25-22(24)20-13-17-8-4-5-9-18(17)14-21(20)23-19-11-10-15-6-2-3-7-16(15)12-19/h2-14,23H,1H3. The van der Waals surface area contributed by atoms with Gasteiger partial charge in [0.1, 0.15) is 0 Å². The maximum atomic E-state index is 12.2. The van der Waals surface area contributed by atoms with Gasteiger partial charge in [0.15, 0.2) is 0 Å². The van der Waals surface area contributed by atoms with Crippen molar-refractivity contribution in [2.75, 3.05) is 12.4 Å². The molecule has 0 saturated carbocycles. The predicted molar refractivity (Wildman–Crippen MR) is 103 cm³/mol. The summed E-state index contributed by atoms with van der Waals surface area (Å²) in [6.07, 6.45) is 0. The second-order valence-electron chi connectivity index (χ2n) is 5.92. The van der Waals surface area contributed by atoms with Crippen molar-refractivity contribution in [1.82, 2.24) is 0 Å². The number of ether oxygens (including phenoxy) is 1. The number of carbonyl (C=O) groups excluding carboxylic acids is 1. The summed E-state index contributed by atoms with van der Waals surface area (Å²) in [6.45, 7) is 0. The zero-order chi connectivity index (χ0) is 17.2. The molecule has 0 radical (unpaired) electrons. The Hall–Kier alpha value is -3.33. The topological polar surface area (TPSA) is 38.3 Å². The Morgan fingerprint density at radius 3 is 2.04 bits per heavy atom. The number of fused-ring (bicyclic) bond motifs is 2. The molecule has 0 saturated heterocycles. The average molecular weight is 327 g/mol. The first-order valence-electron chi connectivity index (χ1n) is 8.11. The number of anilines is 2. The van der Waals surface area contributed by atoms with Crippen molar-refractivity contribution >= 4 is 38.9 Å². The van der Waals surface area contributed by atoms with Crippen LogP contribution in [0.1, 0.15) is 10.4 Å². The minimum Gasteiger partial charge on any atom is -0.465 e. The van der Waals surface area contributed by atoms with E-state index in [2.05, 4.69) is 29.6 Å². The van der Waals surface area contributed by atoms with Crippen LogP contribution in [0, 0.1) is 0 Å². The van der Waals surface area contributed by atoms with Gasteiger partial charge in [-0.1, -0.05) is 54.6 Å². The van der Waals surface area contributed by atoms with E-state index in [1.165, 1.54) is 12.5 Å². The molecule has 0 atom stereocenters. The number of carbonyl (C=O) groups is 1. The van der Waals surface area contributed by atoms with Gasteiger partial charge in [0, 0.05) is 5.69 Å². The fourth-order valence-corrected chi connectivity index (χ4v) is 3.05. The number of methoxy groups -OCH3 is 1. The van der Waals surface area contributed by atoms with Crippen molar-refractivity contribution < 1.29 is 9.53 Å². The second-order valence-corrected chi connectivity index (χ2v) is 5.92. The number of hydrogen-bond donors (Lipinski definition) is 1. The van der Waals surface area contributed by atoms with Crippen molar-refractivity contribution in [3.8, 4) is 0 Å². The van der Waals surface area contributed by atoms with Gasteiger partial charge in [-0.25, -0.2) is 4.79 Å². The van der Waals surface area contributed by atoms with Gasteiger partial charge < -0.3 is 10.1 Å². The zero-order valence-corrected chi connectivity index (χ0v) is 13.8. The molecule has 25 heavy (non-hydrogen) atoms. The van der Waals surface area contributed by atoms with Crippen LogP contribution in [0.5, 0.6) is 0 Å². The number of esters is 1. The van der Waals surface area contributed by atoms with Crippen molar-refractivity contribution in [2.24, 2.45) is 0 Å². The van der Waals surface area contributed by atoms with Crippen molar-refractivity contribution in [1.29, 1.82) is 0 Å². The van der Waals surface area contributed by atoms with E-state index in [0.29, 0.717) is 5.56 Å². The smallest absolute Gasteiger partial charge is 0.339 e. The lowest BCUT2D eigenvalue weighted by molar-refractivity contribution is 0.0602. The highest BCUT2D eigenvalue weighted by atomic mass is 16.5. The molecular weight excluding hydrogens is 310 g/mol. The fourth-order valence-electron chi connectivity index (χ4n) is 3.05. The van der Waals surface area contributed by atoms with Crippen LogP contribution < -0.4 is 5.32 Å². The summed E-state index contributed by atoms with van der Waals surface area (Å²) in [4.78, 5) is 12.2. The first-order valence-corrected chi connectivity index (χ1v) is 8.11. The van der Waals surface area contributed by atoms with Gasteiger partial charge in [-0.15, -0.1) is 0 Å². The minimum atomic E-state index is -0.353. The highest BCUT2D eigenvalue weighted by molar-refractivity contribution is 6.02. The van der Waals surface area contributed by atoms with Gasteiger partial charge in [0.05, 0.1) is 18.4 Å². The summed E-state index contributed by atoms with van der Waals surface area (Å²) in [5.74, 6) is -0.353. The number of hydrogen-bond acceptors (Lipinski definition) is 3. The Kier molecular flexibility index (Phi) is 3.82. The predicted octanol–water partition coefficient (Wildman–Crippen LogP) is 5.52.